The zero-order chi connectivity index (χ0) is 14.5. The minimum Gasteiger partial charge on any atom is -0.505 e. The Morgan fingerprint density at radius 3 is 2.60 bits per heavy atom. The molecule has 0 bridgehead atoms. The fourth-order valence-corrected chi connectivity index (χ4v) is 2.14. The van der Waals surface area contributed by atoms with Crippen LogP contribution in [0.5, 0.6) is 5.75 Å². The lowest BCUT2D eigenvalue weighted by molar-refractivity contribution is 0.280. The number of aliphatic imine (C=N–C) groups is 1. The molecule has 2 rings (SSSR count). The van der Waals surface area contributed by atoms with Crippen molar-refractivity contribution in [3.63, 3.8) is 0 Å². The Balaban J connectivity index is 2.32. The monoisotopic (exact) mass is 288 g/mol. The van der Waals surface area contributed by atoms with Crippen molar-refractivity contribution < 1.29 is 10.2 Å². The number of aromatic nitrogens is 1. The number of aliphatic hydroxyl groups excluding tert-OH is 1. The Morgan fingerprint density at radius 2 is 2.00 bits per heavy atom. The molecule has 0 aliphatic rings. The maximum absolute atomic E-state index is 10.0. The first-order valence-electron chi connectivity index (χ1n) is 6.12. The second kappa shape index (κ2) is 6.54. The predicted molar refractivity (Wildman–Crippen MR) is 82.0 cm³/mol. The molecule has 1 heterocycles. The van der Waals surface area contributed by atoms with Crippen LogP contribution >= 0.6 is 11.8 Å². The highest BCUT2D eigenvalue weighted by molar-refractivity contribution is 7.98. The van der Waals surface area contributed by atoms with Gasteiger partial charge in [0.15, 0.2) is 0 Å². The Hall–Kier alpha value is -1.85. The number of aryl methyl sites for hydroxylation is 1. The smallest absolute Gasteiger partial charge is 0.145 e. The molecule has 0 spiro atoms. The van der Waals surface area contributed by atoms with Crippen molar-refractivity contribution in [3.8, 4) is 5.75 Å². The predicted octanol–water partition coefficient (Wildman–Crippen LogP) is 3.06. The summed E-state index contributed by atoms with van der Waals surface area (Å²) in [6.45, 7) is 1.52. The van der Waals surface area contributed by atoms with E-state index in [2.05, 4.69) is 9.98 Å². The van der Waals surface area contributed by atoms with Gasteiger partial charge in [-0.05, 0) is 37.4 Å². The van der Waals surface area contributed by atoms with Crippen molar-refractivity contribution in [2.24, 2.45) is 4.99 Å². The maximum Gasteiger partial charge on any atom is 0.145 e. The molecule has 0 saturated heterocycles. The second-order valence-corrected chi connectivity index (χ2v) is 5.13. The summed E-state index contributed by atoms with van der Waals surface area (Å²) in [5.41, 5.74) is 2.37. The van der Waals surface area contributed by atoms with Crippen molar-refractivity contribution in [1.82, 2.24) is 4.98 Å². The van der Waals surface area contributed by atoms with Crippen molar-refractivity contribution in [2.45, 2.75) is 18.4 Å². The second-order valence-electron chi connectivity index (χ2n) is 4.25. The first kappa shape index (κ1) is 14.6. The standard InChI is InChI=1S/C15H16N2O2S/c1-10-15(19)14(11(9-18)7-16-10)8-17-12-3-5-13(20-2)6-4-12/h3-8,18-19H,9H2,1-2H3. The molecule has 104 valence electrons. The SMILES string of the molecule is CSc1ccc(N=Cc2c(CO)cnc(C)c2O)cc1. The molecule has 1 aromatic carbocycles. The summed E-state index contributed by atoms with van der Waals surface area (Å²) in [5, 5.41) is 19.3. The summed E-state index contributed by atoms with van der Waals surface area (Å²) in [6.07, 6.45) is 5.13. The zero-order valence-electron chi connectivity index (χ0n) is 11.4. The third kappa shape index (κ3) is 3.18. The lowest BCUT2D eigenvalue weighted by atomic mass is 10.1. The molecular formula is C15H16N2O2S. The Labute approximate surface area is 122 Å². The maximum atomic E-state index is 10.0. The normalized spacial score (nSPS) is 11.2. The molecule has 4 nitrogen and oxygen atoms in total. The molecule has 5 heteroatoms. The molecule has 0 aliphatic heterocycles. The van der Waals surface area contributed by atoms with Crippen LogP contribution in [0.4, 0.5) is 5.69 Å². The quantitative estimate of drug-likeness (QED) is 0.670. The van der Waals surface area contributed by atoms with Crippen molar-refractivity contribution in [1.29, 1.82) is 0 Å². The van der Waals surface area contributed by atoms with Gasteiger partial charge in [-0.3, -0.25) is 9.98 Å². The van der Waals surface area contributed by atoms with Gasteiger partial charge in [-0.1, -0.05) is 0 Å². The number of pyridine rings is 1. The minimum atomic E-state index is -0.187. The molecule has 0 fully saturated rings. The van der Waals surface area contributed by atoms with Gasteiger partial charge < -0.3 is 10.2 Å². The Morgan fingerprint density at radius 1 is 1.30 bits per heavy atom. The third-order valence-corrected chi connectivity index (χ3v) is 3.69. The van der Waals surface area contributed by atoms with Gasteiger partial charge in [0.2, 0.25) is 0 Å². The van der Waals surface area contributed by atoms with Gasteiger partial charge in [-0.25, -0.2) is 0 Å². The lowest BCUT2D eigenvalue weighted by Crippen LogP contribution is -1.97. The van der Waals surface area contributed by atoms with E-state index in [0.717, 1.165) is 5.69 Å². The average molecular weight is 288 g/mol. The van der Waals surface area contributed by atoms with Crippen LogP contribution in [-0.2, 0) is 6.61 Å². The molecule has 0 aliphatic carbocycles. The van der Waals surface area contributed by atoms with Gasteiger partial charge in [0.25, 0.3) is 0 Å². The van der Waals surface area contributed by atoms with E-state index in [-0.39, 0.29) is 12.4 Å². The van der Waals surface area contributed by atoms with Crippen molar-refractivity contribution in [3.05, 3.63) is 47.3 Å². The molecule has 2 aromatic rings. The summed E-state index contributed by atoms with van der Waals surface area (Å²) < 4.78 is 0. The number of aromatic hydroxyl groups is 1. The van der Waals surface area contributed by atoms with Gasteiger partial charge in [0.1, 0.15) is 5.75 Å². The van der Waals surface area contributed by atoms with Gasteiger partial charge in [-0.2, -0.15) is 0 Å². The van der Waals surface area contributed by atoms with E-state index in [1.54, 1.807) is 31.1 Å². The van der Waals surface area contributed by atoms with Crippen molar-refractivity contribution in [2.75, 3.05) is 6.26 Å². The number of hydrogen-bond acceptors (Lipinski definition) is 5. The summed E-state index contributed by atoms with van der Waals surface area (Å²) in [4.78, 5) is 9.51. The van der Waals surface area contributed by atoms with Crippen LogP contribution in [0.2, 0.25) is 0 Å². The number of nitrogens with zero attached hydrogens (tertiary/aromatic N) is 2. The number of thioether (sulfide) groups is 1. The lowest BCUT2D eigenvalue weighted by Gasteiger charge is -2.07. The molecule has 0 unspecified atom stereocenters. The molecule has 2 N–H and O–H groups in total. The van der Waals surface area contributed by atoms with Gasteiger partial charge in [0.05, 0.1) is 18.0 Å². The number of aliphatic hydroxyl groups is 1. The van der Waals surface area contributed by atoms with Crippen LogP contribution in [0.25, 0.3) is 0 Å². The van der Waals surface area contributed by atoms with E-state index in [4.69, 9.17) is 0 Å². The van der Waals surface area contributed by atoms with E-state index in [0.29, 0.717) is 16.8 Å². The number of benzene rings is 1. The van der Waals surface area contributed by atoms with Crippen LogP contribution in [0.1, 0.15) is 16.8 Å². The highest BCUT2D eigenvalue weighted by Gasteiger charge is 2.09. The molecule has 0 atom stereocenters. The summed E-state index contributed by atoms with van der Waals surface area (Å²) in [7, 11) is 0. The molecule has 1 aromatic heterocycles. The Kier molecular flexibility index (Phi) is 4.76. The summed E-state index contributed by atoms with van der Waals surface area (Å²) >= 11 is 1.67. The van der Waals surface area contributed by atoms with Crippen LogP contribution < -0.4 is 0 Å². The van der Waals surface area contributed by atoms with Crippen molar-refractivity contribution >= 4 is 23.7 Å². The van der Waals surface area contributed by atoms with Gasteiger partial charge in [-0.15, -0.1) is 11.8 Å². The minimum absolute atomic E-state index is 0.0565. The Bertz CT molecular complexity index is 625. The van der Waals surface area contributed by atoms with E-state index >= 15 is 0 Å². The fraction of sp³-hybridized carbons (Fsp3) is 0.200. The number of rotatable bonds is 4. The van der Waals surface area contributed by atoms with Gasteiger partial charge in [0, 0.05) is 28.4 Å². The largest absolute Gasteiger partial charge is 0.505 e. The highest BCUT2D eigenvalue weighted by Crippen LogP contribution is 2.24. The summed E-state index contributed by atoms with van der Waals surface area (Å²) in [6, 6.07) is 7.79. The molecule has 0 radical (unpaired) electrons. The van der Waals surface area contributed by atoms with E-state index in [1.807, 2.05) is 30.5 Å². The van der Waals surface area contributed by atoms with E-state index in [1.165, 1.54) is 4.90 Å². The fourth-order valence-electron chi connectivity index (χ4n) is 1.73. The van der Waals surface area contributed by atoms with E-state index in [9.17, 15) is 10.2 Å². The highest BCUT2D eigenvalue weighted by atomic mass is 32.2. The van der Waals surface area contributed by atoms with Gasteiger partial charge >= 0.3 is 0 Å². The summed E-state index contributed by atoms with van der Waals surface area (Å²) in [5.74, 6) is 0.0565. The first-order valence-corrected chi connectivity index (χ1v) is 7.34. The van der Waals surface area contributed by atoms with Crippen LogP contribution in [-0.4, -0.2) is 27.7 Å². The third-order valence-electron chi connectivity index (χ3n) is 2.94. The average Bonchev–Trinajstić information content (AvgIpc) is 2.49. The molecule has 20 heavy (non-hydrogen) atoms. The van der Waals surface area contributed by atoms with Crippen LogP contribution in [0, 0.1) is 6.92 Å². The molecule has 0 saturated carbocycles. The van der Waals surface area contributed by atoms with Crippen LogP contribution in [0.15, 0.2) is 40.4 Å². The first-order chi connectivity index (χ1) is 9.65. The molecular weight excluding hydrogens is 272 g/mol. The van der Waals surface area contributed by atoms with E-state index < -0.39 is 0 Å². The number of hydrogen-bond donors (Lipinski definition) is 2. The van der Waals surface area contributed by atoms with Crippen LogP contribution in [0.3, 0.4) is 0 Å². The zero-order valence-corrected chi connectivity index (χ0v) is 12.2. The molecule has 0 amide bonds. The topological polar surface area (TPSA) is 65.7 Å².